The molecule has 0 aromatic carbocycles. The van der Waals surface area contributed by atoms with Gasteiger partial charge in [0.05, 0.1) is 0 Å². The maximum absolute atomic E-state index is 4.82. The van der Waals surface area contributed by atoms with Crippen LogP contribution in [0.4, 0.5) is 0 Å². The van der Waals surface area contributed by atoms with Crippen LogP contribution in [0.25, 0.3) is 0 Å². The minimum Gasteiger partial charge on any atom is -0.241 e. The Hall–Kier alpha value is -0.0400. The Labute approximate surface area is 110 Å². The molecule has 1 heteroatoms. The molecule has 0 aliphatic heterocycles. The molecule has 2 unspecified atom stereocenters. The molecule has 0 fully saturated rings. The van der Waals surface area contributed by atoms with Crippen molar-refractivity contribution in [1.29, 1.82) is 0 Å². The molecule has 0 bridgehead atoms. The van der Waals surface area contributed by atoms with Gasteiger partial charge in [0.1, 0.15) is 0 Å². The van der Waals surface area contributed by atoms with Gasteiger partial charge in [0, 0.05) is 13.1 Å². The van der Waals surface area contributed by atoms with Gasteiger partial charge in [-0.15, -0.1) is 0 Å². The number of rotatable bonds is 10. The van der Waals surface area contributed by atoms with Crippen molar-refractivity contribution in [2.75, 3.05) is 13.1 Å². The smallest absolute Gasteiger partial charge is 0.0161 e. The molecule has 0 aromatic rings. The summed E-state index contributed by atoms with van der Waals surface area (Å²) >= 11 is 0. The lowest BCUT2D eigenvalue weighted by atomic mass is 9.93. The van der Waals surface area contributed by atoms with E-state index in [0.29, 0.717) is 0 Å². The molecular formula is C16H34N. The monoisotopic (exact) mass is 240 g/mol. The molecule has 1 radical (unpaired) electrons. The second kappa shape index (κ2) is 9.94. The Kier molecular flexibility index (Phi) is 9.91. The van der Waals surface area contributed by atoms with Gasteiger partial charge in [-0.1, -0.05) is 54.4 Å². The van der Waals surface area contributed by atoms with Crippen LogP contribution >= 0.6 is 0 Å². The van der Waals surface area contributed by atoms with E-state index in [2.05, 4.69) is 41.5 Å². The summed E-state index contributed by atoms with van der Waals surface area (Å²) in [5, 5.41) is 4.82. The lowest BCUT2D eigenvalue weighted by Crippen LogP contribution is -2.23. The van der Waals surface area contributed by atoms with Crippen molar-refractivity contribution in [1.82, 2.24) is 5.32 Å². The van der Waals surface area contributed by atoms with Crippen molar-refractivity contribution < 1.29 is 0 Å². The largest absolute Gasteiger partial charge is 0.241 e. The highest BCUT2D eigenvalue weighted by molar-refractivity contribution is 4.67. The minimum atomic E-state index is 0.812. The number of nitrogens with zero attached hydrogens (tertiary/aromatic N) is 1. The van der Waals surface area contributed by atoms with E-state index in [1.165, 1.54) is 25.7 Å². The quantitative estimate of drug-likeness (QED) is 0.524. The maximum atomic E-state index is 4.82. The van der Waals surface area contributed by atoms with E-state index in [-0.39, 0.29) is 0 Å². The van der Waals surface area contributed by atoms with Crippen LogP contribution in [0.1, 0.15) is 67.2 Å². The Balaban J connectivity index is 3.77. The predicted molar refractivity (Wildman–Crippen MR) is 78.3 cm³/mol. The van der Waals surface area contributed by atoms with E-state index < -0.39 is 0 Å². The molecule has 0 heterocycles. The van der Waals surface area contributed by atoms with Crippen LogP contribution in [0.2, 0.25) is 0 Å². The van der Waals surface area contributed by atoms with Crippen molar-refractivity contribution in [3.8, 4) is 0 Å². The molecular weight excluding hydrogens is 206 g/mol. The summed E-state index contributed by atoms with van der Waals surface area (Å²) in [6.07, 6.45) is 5.23. The van der Waals surface area contributed by atoms with E-state index in [1.54, 1.807) is 0 Å². The molecule has 0 N–H and O–H groups in total. The zero-order valence-electron chi connectivity index (χ0n) is 13.0. The van der Waals surface area contributed by atoms with Crippen LogP contribution in [-0.2, 0) is 0 Å². The second-order valence-electron chi connectivity index (χ2n) is 6.40. The van der Waals surface area contributed by atoms with Gasteiger partial charge in [0.15, 0.2) is 0 Å². The van der Waals surface area contributed by atoms with E-state index in [9.17, 15) is 0 Å². The summed E-state index contributed by atoms with van der Waals surface area (Å²) in [6.45, 7) is 16.0. The van der Waals surface area contributed by atoms with Gasteiger partial charge in [0.2, 0.25) is 0 Å². The van der Waals surface area contributed by atoms with E-state index in [1.807, 2.05) is 0 Å². The van der Waals surface area contributed by atoms with Gasteiger partial charge in [-0.3, -0.25) is 0 Å². The fourth-order valence-electron chi connectivity index (χ4n) is 2.51. The Bertz CT molecular complexity index is 145. The molecule has 0 amide bonds. The Morgan fingerprint density at radius 3 is 1.29 bits per heavy atom. The first kappa shape index (κ1) is 17.0. The third-order valence-electron chi connectivity index (χ3n) is 3.54. The highest BCUT2D eigenvalue weighted by atomic mass is 14.9. The highest BCUT2D eigenvalue weighted by Gasteiger charge is 2.12. The first-order valence-corrected chi connectivity index (χ1v) is 7.62. The minimum absolute atomic E-state index is 0.812. The van der Waals surface area contributed by atoms with E-state index in [4.69, 9.17) is 5.32 Å². The van der Waals surface area contributed by atoms with Crippen LogP contribution < -0.4 is 5.32 Å². The summed E-state index contributed by atoms with van der Waals surface area (Å²) in [5.74, 6) is 3.25. The summed E-state index contributed by atoms with van der Waals surface area (Å²) in [5.41, 5.74) is 0. The summed E-state index contributed by atoms with van der Waals surface area (Å²) in [6, 6.07) is 0. The summed E-state index contributed by atoms with van der Waals surface area (Å²) < 4.78 is 0. The molecule has 0 spiro atoms. The Morgan fingerprint density at radius 2 is 1.06 bits per heavy atom. The van der Waals surface area contributed by atoms with Gasteiger partial charge in [-0.05, 0) is 36.5 Å². The third-order valence-corrected chi connectivity index (χ3v) is 3.54. The maximum Gasteiger partial charge on any atom is 0.0161 e. The predicted octanol–water partition coefficient (Wildman–Crippen LogP) is 4.74. The van der Waals surface area contributed by atoms with Crippen molar-refractivity contribution >= 4 is 0 Å². The fraction of sp³-hybridized carbons (Fsp3) is 1.00. The Morgan fingerprint density at radius 1 is 0.706 bits per heavy atom. The molecule has 17 heavy (non-hydrogen) atoms. The van der Waals surface area contributed by atoms with Gasteiger partial charge in [-0.25, -0.2) is 5.32 Å². The SMILES string of the molecule is CCC(C[N]CC(CC)CC(C)C)CC(C)C. The zero-order valence-corrected chi connectivity index (χ0v) is 13.0. The second-order valence-corrected chi connectivity index (χ2v) is 6.40. The van der Waals surface area contributed by atoms with Gasteiger partial charge < -0.3 is 0 Å². The van der Waals surface area contributed by atoms with Gasteiger partial charge >= 0.3 is 0 Å². The van der Waals surface area contributed by atoms with Crippen molar-refractivity contribution in [2.45, 2.75) is 67.2 Å². The van der Waals surface area contributed by atoms with E-state index >= 15 is 0 Å². The van der Waals surface area contributed by atoms with Gasteiger partial charge in [0.25, 0.3) is 0 Å². The molecule has 1 nitrogen and oxygen atoms in total. The van der Waals surface area contributed by atoms with Crippen LogP contribution in [0.5, 0.6) is 0 Å². The average Bonchev–Trinajstić information content (AvgIpc) is 2.25. The fourth-order valence-corrected chi connectivity index (χ4v) is 2.51. The normalized spacial score (nSPS) is 15.5. The highest BCUT2D eigenvalue weighted by Crippen LogP contribution is 2.17. The number of hydrogen-bond donors (Lipinski definition) is 0. The topological polar surface area (TPSA) is 14.1 Å². The standard InChI is InChI=1S/C16H34N/c1-7-15(9-13(3)4)11-17-12-16(8-2)10-14(5)6/h13-16H,7-12H2,1-6H3. The lowest BCUT2D eigenvalue weighted by molar-refractivity contribution is 0.333. The van der Waals surface area contributed by atoms with Gasteiger partial charge in [-0.2, -0.15) is 0 Å². The van der Waals surface area contributed by atoms with Crippen molar-refractivity contribution in [2.24, 2.45) is 23.7 Å². The van der Waals surface area contributed by atoms with Crippen LogP contribution in [0, 0.1) is 23.7 Å². The number of hydrogen-bond acceptors (Lipinski definition) is 0. The molecule has 0 aliphatic carbocycles. The van der Waals surface area contributed by atoms with Crippen LogP contribution in [0.3, 0.4) is 0 Å². The molecule has 0 saturated heterocycles. The lowest BCUT2D eigenvalue weighted by Gasteiger charge is -2.20. The zero-order chi connectivity index (χ0) is 13.3. The molecule has 0 saturated carbocycles. The van der Waals surface area contributed by atoms with E-state index in [0.717, 1.165) is 36.8 Å². The summed E-state index contributed by atoms with van der Waals surface area (Å²) in [4.78, 5) is 0. The first-order chi connectivity index (χ1) is 7.99. The molecule has 0 rings (SSSR count). The third kappa shape index (κ3) is 9.64. The average molecular weight is 240 g/mol. The van der Waals surface area contributed by atoms with Crippen molar-refractivity contribution in [3.05, 3.63) is 0 Å². The molecule has 103 valence electrons. The van der Waals surface area contributed by atoms with Crippen molar-refractivity contribution in [3.63, 3.8) is 0 Å². The first-order valence-electron chi connectivity index (χ1n) is 7.62. The molecule has 2 atom stereocenters. The molecule has 0 aromatic heterocycles. The van der Waals surface area contributed by atoms with Crippen LogP contribution in [-0.4, -0.2) is 13.1 Å². The molecule has 0 aliphatic rings. The summed E-state index contributed by atoms with van der Waals surface area (Å²) in [7, 11) is 0. The van der Waals surface area contributed by atoms with Crippen LogP contribution in [0.15, 0.2) is 0 Å².